The molecule has 0 radical (unpaired) electrons. The zero-order chi connectivity index (χ0) is 13.8. The number of nitrogens with zero attached hydrogens (tertiary/aromatic N) is 4. The van der Waals surface area contributed by atoms with Crippen molar-refractivity contribution in [1.29, 1.82) is 0 Å². The molecule has 2 heterocycles. The zero-order valence-corrected chi connectivity index (χ0v) is 11.6. The Hall–Kier alpha value is -1.96. The number of carbonyl (C=O) groups excluding carboxylic acids is 1. The molecule has 100 valence electrons. The summed E-state index contributed by atoms with van der Waals surface area (Å²) in [5.41, 5.74) is 0.878. The molecule has 2 aromatic rings. The Morgan fingerprint density at radius 2 is 2.05 bits per heavy atom. The van der Waals surface area contributed by atoms with Gasteiger partial charge >= 0.3 is 6.01 Å². The summed E-state index contributed by atoms with van der Waals surface area (Å²) >= 11 is 1.33. The predicted octanol–water partition coefficient (Wildman–Crippen LogP) is 1.52. The minimum absolute atomic E-state index is 0.109. The normalized spacial score (nSPS) is 10.5. The molecular formula is C11H13N5O2S. The van der Waals surface area contributed by atoms with Crippen molar-refractivity contribution in [1.82, 2.24) is 20.1 Å². The largest absolute Gasteiger partial charge is 0.328 e. The Bertz CT molecular complexity index is 578. The van der Waals surface area contributed by atoms with Crippen molar-refractivity contribution in [3.05, 3.63) is 23.4 Å². The molecule has 0 saturated heterocycles. The molecule has 1 N–H and O–H groups in total. The van der Waals surface area contributed by atoms with Crippen LogP contribution in [0.5, 0.6) is 0 Å². The number of rotatable bonds is 4. The molecule has 8 heteroatoms. The van der Waals surface area contributed by atoms with Gasteiger partial charge in [0.2, 0.25) is 5.91 Å². The van der Waals surface area contributed by atoms with E-state index in [1.165, 1.54) is 11.8 Å². The monoisotopic (exact) mass is 279 g/mol. The van der Waals surface area contributed by atoms with Gasteiger partial charge in [-0.05, 0) is 26.8 Å². The maximum absolute atomic E-state index is 11.7. The maximum atomic E-state index is 11.7. The molecular weight excluding hydrogens is 266 g/mol. The van der Waals surface area contributed by atoms with Gasteiger partial charge in [0.15, 0.2) is 5.82 Å². The molecule has 19 heavy (non-hydrogen) atoms. The van der Waals surface area contributed by atoms with Crippen LogP contribution in [0.1, 0.15) is 17.3 Å². The second-order valence-electron chi connectivity index (χ2n) is 3.88. The van der Waals surface area contributed by atoms with E-state index in [0.29, 0.717) is 11.6 Å². The van der Waals surface area contributed by atoms with Crippen LogP contribution in [0, 0.1) is 20.8 Å². The average molecular weight is 279 g/mol. The number of carbonyl (C=O) groups is 1. The predicted molar refractivity (Wildman–Crippen MR) is 69.9 cm³/mol. The first-order chi connectivity index (χ1) is 9.02. The Labute approximate surface area is 114 Å². The molecule has 0 saturated carbocycles. The number of amides is 1. The van der Waals surface area contributed by atoms with E-state index in [1.807, 2.05) is 19.9 Å². The van der Waals surface area contributed by atoms with E-state index in [2.05, 4.69) is 25.4 Å². The first-order valence-corrected chi connectivity index (χ1v) is 6.57. The van der Waals surface area contributed by atoms with Gasteiger partial charge in [-0.15, -0.1) is 0 Å². The van der Waals surface area contributed by atoms with Gasteiger partial charge in [-0.2, -0.15) is 4.98 Å². The van der Waals surface area contributed by atoms with Crippen molar-refractivity contribution in [2.75, 3.05) is 11.1 Å². The summed E-state index contributed by atoms with van der Waals surface area (Å²) in [6.07, 6.45) is 0. The lowest BCUT2D eigenvalue weighted by atomic mass is 10.4. The zero-order valence-electron chi connectivity index (χ0n) is 10.8. The molecule has 0 bridgehead atoms. The molecule has 0 aliphatic heterocycles. The van der Waals surface area contributed by atoms with Crippen LogP contribution >= 0.6 is 11.8 Å². The Morgan fingerprint density at radius 1 is 1.26 bits per heavy atom. The van der Waals surface area contributed by atoms with E-state index >= 15 is 0 Å². The third kappa shape index (κ3) is 4.02. The third-order valence-corrected chi connectivity index (χ3v) is 2.98. The molecule has 7 nitrogen and oxygen atoms in total. The second kappa shape index (κ2) is 5.79. The summed E-state index contributed by atoms with van der Waals surface area (Å²) in [6, 6.07) is 1.94. The summed E-state index contributed by atoms with van der Waals surface area (Å²) in [4.78, 5) is 24.0. The topological polar surface area (TPSA) is 93.8 Å². The Kier molecular flexibility index (Phi) is 4.10. The summed E-state index contributed by atoms with van der Waals surface area (Å²) in [7, 11) is 0. The van der Waals surface area contributed by atoms with Gasteiger partial charge in [-0.3, -0.25) is 10.1 Å². The van der Waals surface area contributed by atoms with E-state index in [1.54, 1.807) is 6.92 Å². The van der Waals surface area contributed by atoms with E-state index in [0.717, 1.165) is 10.7 Å². The van der Waals surface area contributed by atoms with E-state index in [-0.39, 0.29) is 17.7 Å². The van der Waals surface area contributed by atoms with Crippen molar-refractivity contribution in [2.24, 2.45) is 0 Å². The highest BCUT2D eigenvalue weighted by atomic mass is 32.2. The number of aromatic nitrogens is 4. The number of aryl methyl sites for hydroxylation is 3. The number of thioether (sulfide) groups is 1. The van der Waals surface area contributed by atoms with Gasteiger partial charge in [0.05, 0.1) is 5.75 Å². The lowest BCUT2D eigenvalue weighted by Gasteiger charge is -2.02. The fourth-order valence-electron chi connectivity index (χ4n) is 1.40. The number of nitrogens with one attached hydrogen (secondary N) is 1. The maximum Gasteiger partial charge on any atom is 0.328 e. The molecule has 1 amide bonds. The van der Waals surface area contributed by atoms with Crippen LogP contribution < -0.4 is 5.32 Å². The average Bonchev–Trinajstić information content (AvgIpc) is 2.71. The molecule has 0 fully saturated rings. The minimum Gasteiger partial charge on any atom is -0.315 e. The SMILES string of the molecule is Cc1cc(SCC(=O)Nc2nc(C)no2)nc(C)n1. The van der Waals surface area contributed by atoms with Gasteiger partial charge in [-0.25, -0.2) is 9.97 Å². The van der Waals surface area contributed by atoms with Gasteiger partial charge < -0.3 is 4.52 Å². The molecule has 0 unspecified atom stereocenters. The highest BCUT2D eigenvalue weighted by Crippen LogP contribution is 2.16. The van der Waals surface area contributed by atoms with Crippen molar-refractivity contribution in [3.8, 4) is 0 Å². The lowest BCUT2D eigenvalue weighted by Crippen LogP contribution is -2.14. The van der Waals surface area contributed by atoms with Crippen molar-refractivity contribution >= 4 is 23.7 Å². The fourth-order valence-corrected chi connectivity index (χ4v) is 2.20. The first-order valence-electron chi connectivity index (χ1n) is 5.58. The summed E-state index contributed by atoms with van der Waals surface area (Å²) in [5.74, 6) is 1.17. The van der Waals surface area contributed by atoms with Crippen molar-refractivity contribution in [3.63, 3.8) is 0 Å². The van der Waals surface area contributed by atoms with Crippen LogP contribution in [0.3, 0.4) is 0 Å². The van der Waals surface area contributed by atoms with Crippen LogP contribution in [-0.4, -0.2) is 31.8 Å². The molecule has 2 rings (SSSR count). The van der Waals surface area contributed by atoms with Crippen LogP contribution in [0.4, 0.5) is 6.01 Å². The summed E-state index contributed by atoms with van der Waals surface area (Å²) in [6.45, 7) is 5.39. The first kappa shape index (κ1) is 13.5. The minimum atomic E-state index is -0.220. The van der Waals surface area contributed by atoms with Crippen molar-refractivity contribution in [2.45, 2.75) is 25.8 Å². The fraction of sp³-hybridized carbons (Fsp3) is 0.364. The number of hydrogen-bond acceptors (Lipinski definition) is 7. The number of hydrogen-bond donors (Lipinski definition) is 1. The molecule has 0 aromatic carbocycles. The molecule has 0 atom stereocenters. The summed E-state index contributed by atoms with van der Waals surface area (Å²) in [5, 5.41) is 6.87. The van der Waals surface area contributed by atoms with E-state index < -0.39 is 0 Å². The van der Waals surface area contributed by atoms with Crippen LogP contribution in [-0.2, 0) is 4.79 Å². The molecule has 0 aliphatic rings. The molecule has 0 spiro atoms. The van der Waals surface area contributed by atoms with E-state index in [9.17, 15) is 4.79 Å². The Morgan fingerprint density at radius 3 is 2.68 bits per heavy atom. The van der Waals surface area contributed by atoms with Gasteiger partial charge in [0, 0.05) is 5.69 Å². The highest BCUT2D eigenvalue weighted by Gasteiger charge is 2.09. The quantitative estimate of drug-likeness (QED) is 0.669. The van der Waals surface area contributed by atoms with Gasteiger partial charge in [0.1, 0.15) is 10.9 Å². The second-order valence-corrected chi connectivity index (χ2v) is 4.87. The van der Waals surface area contributed by atoms with Crippen LogP contribution in [0.15, 0.2) is 15.6 Å². The third-order valence-electron chi connectivity index (χ3n) is 2.07. The highest BCUT2D eigenvalue weighted by molar-refractivity contribution is 7.99. The molecule has 2 aromatic heterocycles. The van der Waals surface area contributed by atoms with Crippen molar-refractivity contribution < 1.29 is 9.32 Å². The van der Waals surface area contributed by atoms with Gasteiger partial charge in [-0.1, -0.05) is 16.9 Å². The van der Waals surface area contributed by atoms with E-state index in [4.69, 9.17) is 4.52 Å². The summed E-state index contributed by atoms with van der Waals surface area (Å²) < 4.78 is 4.80. The standard InChI is InChI=1S/C11H13N5O2S/c1-6-4-10(13-7(2)12-6)19-5-9(17)15-11-14-8(3)16-18-11/h4H,5H2,1-3H3,(H,14,15,16,17). The smallest absolute Gasteiger partial charge is 0.315 e. The van der Waals surface area contributed by atoms with Gasteiger partial charge in [0.25, 0.3) is 0 Å². The molecule has 0 aliphatic carbocycles. The number of anilines is 1. The van der Waals surface area contributed by atoms with Crippen LogP contribution in [0.2, 0.25) is 0 Å². The lowest BCUT2D eigenvalue weighted by molar-refractivity contribution is -0.114. The van der Waals surface area contributed by atoms with Crippen LogP contribution in [0.25, 0.3) is 0 Å². The Balaban J connectivity index is 1.89.